The molecule has 3 aromatic heterocycles. The highest BCUT2D eigenvalue weighted by molar-refractivity contribution is 6.11. The number of fused-ring (bicyclic) bond motifs is 6. The SMILES string of the molecule is C(#Cc1ccc2c(c1)c1ccccc1n2-c1cccc(-c2ccc3c(c2)c2ccccc2n3-c2ccccc2)c1)c1cc(-c2ccccc2)nc(-c2ccccc2)c1. The zero-order valence-corrected chi connectivity index (χ0v) is 31.5. The van der Waals surface area contributed by atoms with E-state index >= 15 is 0 Å². The van der Waals surface area contributed by atoms with E-state index in [4.69, 9.17) is 4.98 Å². The highest BCUT2D eigenvalue weighted by atomic mass is 15.0. The molecule has 0 atom stereocenters. The predicted molar refractivity (Wildman–Crippen MR) is 242 cm³/mol. The fourth-order valence-electron chi connectivity index (χ4n) is 8.42. The van der Waals surface area contributed by atoms with Crippen LogP contribution >= 0.6 is 0 Å². The molecule has 0 N–H and O–H groups in total. The Morgan fingerprint density at radius 2 is 0.759 bits per heavy atom. The number of benzene rings is 8. The van der Waals surface area contributed by atoms with E-state index in [1.54, 1.807) is 0 Å². The molecule has 58 heavy (non-hydrogen) atoms. The Morgan fingerprint density at radius 1 is 0.293 bits per heavy atom. The maximum atomic E-state index is 5.03. The first-order chi connectivity index (χ1) is 28.7. The topological polar surface area (TPSA) is 22.8 Å². The molecule has 11 rings (SSSR count). The molecule has 270 valence electrons. The summed E-state index contributed by atoms with van der Waals surface area (Å²) in [6.07, 6.45) is 0. The highest BCUT2D eigenvalue weighted by Crippen LogP contribution is 2.37. The van der Waals surface area contributed by atoms with Gasteiger partial charge in [0, 0.05) is 55.2 Å². The maximum absolute atomic E-state index is 5.03. The third-order valence-electron chi connectivity index (χ3n) is 11.1. The van der Waals surface area contributed by atoms with Crippen LogP contribution < -0.4 is 0 Å². The van der Waals surface area contributed by atoms with Gasteiger partial charge in [0.1, 0.15) is 0 Å². The van der Waals surface area contributed by atoms with Crippen LogP contribution in [0, 0.1) is 11.8 Å². The summed E-state index contributed by atoms with van der Waals surface area (Å²) in [6.45, 7) is 0. The summed E-state index contributed by atoms with van der Waals surface area (Å²) in [4.78, 5) is 5.03. The Kier molecular flexibility index (Phi) is 8.05. The van der Waals surface area contributed by atoms with Crippen molar-refractivity contribution in [3.8, 4) is 56.9 Å². The molecular formula is C55H35N3. The van der Waals surface area contributed by atoms with Crippen LogP contribution in [0.25, 0.3) is 88.6 Å². The number of aromatic nitrogens is 3. The molecule has 0 saturated carbocycles. The van der Waals surface area contributed by atoms with E-state index in [-0.39, 0.29) is 0 Å². The second-order valence-corrected chi connectivity index (χ2v) is 14.7. The number of hydrogen-bond acceptors (Lipinski definition) is 1. The first kappa shape index (κ1) is 33.4. The molecule has 0 aliphatic heterocycles. The fraction of sp³-hybridized carbons (Fsp3) is 0. The van der Waals surface area contributed by atoms with E-state index in [0.29, 0.717) is 0 Å². The lowest BCUT2D eigenvalue weighted by atomic mass is 10.0. The first-order valence-electron chi connectivity index (χ1n) is 19.6. The van der Waals surface area contributed by atoms with Crippen LogP contribution in [-0.2, 0) is 0 Å². The third-order valence-corrected chi connectivity index (χ3v) is 11.1. The fourth-order valence-corrected chi connectivity index (χ4v) is 8.42. The van der Waals surface area contributed by atoms with Crippen molar-refractivity contribution in [3.05, 3.63) is 223 Å². The second kappa shape index (κ2) is 14.0. The van der Waals surface area contributed by atoms with Crippen molar-refractivity contribution in [1.29, 1.82) is 0 Å². The molecule has 0 radical (unpaired) electrons. The zero-order chi connectivity index (χ0) is 38.4. The van der Waals surface area contributed by atoms with Gasteiger partial charge in [0.25, 0.3) is 0 Å². The number of pyridine rings is 1. The summed E-state index contributed by atoms with van der Waals surface area (Å²) in [5.74, 6) is 7.00. The minimum absolute atomic E-state index is 0.908. The van der Waals surface area contributed by atoms with Gasteiger partial charge in [-0.3, -0.25) is 0 Å². The van der Waals surface area contributed by atoms with Crippen molar-refractivity contribution in [2.24, 2.45) is 0 Å². The number of nitrogens with zero attached hydrogens (tertiary/aromatic N) is 3. The van der Waals surface area contributed by atoms with E-state index in [1.807, 2.05) is 36.4 Å². The Bertz CT molecular complexity index is 3320. The van der Waals surface area contributed by atoms with Crippen LogP contribution in [0.5, 0.6) is 0 Å². The molecule has 0 aliphatic carbocycles. The summed E-state index contributed by atoms with van der Waals surface area (Å²) < 4.78 is 4.74. The Morgan fingerprint density at radius 3 is 1.41 bits per heavy atom. The molecule has 0 aliphatic rings. The summed E-state index contributed by atoms with van der Waals surface area (Å²) in [5, 5.41) is 4.86. The lowest BCUT2D eigenvalue weighted by molar-refractivity contribution is 1.18. The van der Waals surface area contributed by atoms with E-state index in [2.05, 4.69) is 197 Å². The van der Waals surface area contributed by atoms with Gasteiger partial charge in [0.2, 0.25) is 0 Å². The summed E-state index contributed by atoms with van der Waals surface area (Å²) in [6, 6.07) is 75.2. The molecule has 0 bridgehead atoms. The predicted octanol–water partition coefficient (Wildman–Crippen LogP) is 13.7. The van der Waals surface area contributed by atoms with Crippen molar-refractivity contribution in [2.45, 2.75) is 0 Å². The van der Waals surface area contributed by atoms with E-state index in [9.17, 15) is 0 Å². The van der Waals surface area contributed by atoms with E-state index in [0.717, 1.165) is 56.0 Å². The summed E-state index contributed by atoms with van der Waals surface area (Å²) in [5.41, 5.74) is 15.2. The van der Waals surface area contributed by atoms with Crippen molar-refractivity contribution < 1.29 is 0 Å². The number of para-hydroxylation sites is 3. The molecule has 3 heterocycles. The molecule has 8 aromatic carbocycles. The molecular weight excluding hydrogens is 703 g/mol. The molecule has 0 amide bonds. The van der Waals surface area contributed by atoms with Crippen LogP contribution in [-0.4, -0.2) is 14.1 Å². The number of hydrogen-bond donors (Lipinski definition) is 0. The normalized spacial score (nSPS) is 11.3. The van der Waals surface area contributed by atoms with Gasteiger partial charge < -0.3 is 9.13 Å². The molecule has 0 unspecified atom stereocenters. The van der Waals surface area contributed by atoms with Gasteiger partial charge in [-0.05, 0) is 90.0 Å². The average Bonchev–Trinajstić information content (AvgIpc) is 3.81. The van der Waals surface area contributed by atoms with Crippen LogP contribution in [0.4, 0.5) is 0 Å². The largest absolute Gasteiger partial charge is 0.309 e. The van der Waals surface area contributed by atoms with Gasteiger partial charge in [-0.2, -0.15) is 0 Å². The highest BCUT2D eigenvalue weighted by Gasteiger charge is 2.16. The van der Waals surface area contributed by atoms with Crippen LogP contribution in [0.15, 0.2) is 212 Å². The van der Waals surface area contributed by atoms with Gasteiger partial charge >= 0.3 is 0 Å². The quantitative estimate of drug-likeness (QED) is 0.161. The first-order valence-corrected chi connectivity index (χ1v) is 19.6. The molecule has 3 nitrogen and oxygen atoms in total. The van der Waals surface area contributed by atoms with Gasteiger partial charge in [-0.25, -0.2) is 4.98 Å². The zero-order valence-electron chi connectivity index (χ0n) is 31.5. The van der Waals surface area contributed by atoms with Gasteiger partial charge in [-0.1, -0.05) is 145 Å². The molecule has 0 spiro atoms. The van der Waals surface area contributed by atoms with Crippen molar-refractivity contribution >= 4 is 43.6 Å². The van der Waals surface area contributed by atoms with Crippen LogP contribution in [0.3, 0.4) is 0 Å². The van der Waals surface area contributed by atoms with E-state index < -0.39 is 0 Å². The van der Waals surface area contributed by atoms with Gasteiger partial charge in [-0.15, -0.1) is 0 Å². The van der Waals surface area contributed by atoms with Crippen LogP contribution in [0.2, 0.25) is 0 Å². The van der Waals surface area contributed by atoms with Crippen molar-refractivity contribution in [3.63, 3.8) is 0 Å². The standard InChI is InChI=1S/C55H35N3/c1-4-15-40(16-5-1)50-34-39(35-51(56-50)41-17-6-2-7-18-41)28-27-38-29-31-54-48(33-38)46-23-10-13-26-53(46)58(54)45-22-14-19-42(36-45)43-30-32-55-49(37-43)47-24-11-12-25-52(47)57(55)44-20-8-3-9-21-44/h1-26,29-37H. The van der Waals surface area contributed by atoms with Crippen LogP contribution in [0.1, 0.15) is 11.1 Å². The minimum atomic E-state index is 0.908. The van der Waals surface area contributed by atoms with Crippen molar-refractivity contribution in [2.75, 3.05) is 0 Å². The van der Waals surface area contributed by atoms with E-state index in [1.165, 1.54) is 43.7 Å². The molecule has 3 heteroatoms. The molecule has 0 fully saturated rings. The Balaban J connectivity index is 0.995. The second-order valence-electron chi connectivity index (χ2n) is 14.7. The molecule has 0 saturated heterocycles. The third kappa shape index (κ3) is 5.84. The molecule has 11 aromatic rings. The maximum Gasteiger partial charge on any atom is 0.0721 e. The lowest BCUT2D eigenvalue weighted by Gasteiger charge is -2.11. The van der Waals surface area contributed by atoms with Gasteiger partial charge in [0.15, 0.2) is 0 Å². The lowest BCUT2D eigenvalue weighted by Crippen LogP contribution is -1.94. The Labute approximate surface area is 336 Å². The summed E-state index contributed by atoms with van der Waals surface area (Å²) in [7, 11) is 0. The summed E-state index contributed by atoms with van der Waals surface area (Å²) >= 11 is 0. The number of rotatable bonds is 5. The van der Waals surface area contributed by atoms with Gasteiger partial charge in [0.05, 0.1) is 33.5 Å². The average molecular weight is 738 g/mol. The monoisotopic (exact) mass is 737 g/mol. The Hall–Kier alpha value is -7.93. The smallest absolute Gasteiger partial charge is 0.0721 e. The van der Waals surface area contributed by atoms with Crippen molar-refractivity contribution in [1.82, 2.24) is 14.1 Å². The minimum Gasteiger partial charge on any atom is -0.309 e.